The summed E-state index contributed by atoms with van der Waals surface area (Å²) in [5.41, 5.74) is 1.80. The summed E-state index contributed by atoms with van der Waals surface area (Å²) < 4.78 is 18.6. The van der Waals surface area contributed by atoms with E-state index in [4.69, 9.17) is 4.74 Å². The fourth-order valence-corrected chi connectivity index (χ4v) is 2.28. The molecular weight excluding hydrogens is 323 g/mol. The van der Waals surface area contributed by atoms with Gasteiger partial charge < -0.3 is 15.4 Å². The first kappa shape index (κ1) is 18.4. The van der Waals surface area contributed by atoms with Crippen molar-refractivity contribution in [3.63, 3.8) is 0 Å². The smallest absolute Gasteiger partial charge is 0.242 e. The molecule has 2 rings (SSSR count). The molecule has 0 bridgehead atoms. The molecule has 0 aromatic heterocycles. The summed E-state index contributed by atoms with van der Waals surface area (Å²) >= 11 is 0. The first-order chi connectivity index (χ1) is 11.8. The number of hydrogen-bond donors (Lipinski definition) is 2. The van der Waals surface area contributed by atoms with Gasteiger partial charge in [0.05, 0.1) is 0 Å². The van der Waals surface area contributed by atoms with Crippen molar-refractivity contribution in [2.45, 2.75) is 33.4 Å². The summed E-state index contributed by atoms with van der Waals surface area (Å²) in [7, 11) is 0. The van der Waals surface area contributed by atoms with Crippen LogP contribution in [-0.4, -0.2) is 17.9 Å². The molecule has 0 heterocycles. The minimum atomic E-state index is -0.584. The number of carbonyl (C=O) groups excluding carboxylic acids is 2. The van der Waals surface area contributed by atoms with Crippen LogP contribution in [0.1, 0.15) is 25.0 Å². The summed E-state index contributed by atoms with van der Waals surface area (Å²) in [6.45, 7) is 5.24. The Labute approximate surface area is 146 Å². The molecule has 0 fully saturated rings. The quantitative estimate of drug-likeness (QED) is 0.846. The molecule has 0 radical (unpaired) electrons. The molecule has 1 unspecified atom stereocenters. The molecule has 132 valence electrons. The van der Waals surface area contributed by atoms with Crippen LogP contribution < -0.4 is 15.4 Å². The van der Waals surface area contributed by atoms with Crippen molar-refractivity contribution in [2.75, 3.05) is 0 Å². The first-order valence-electron chi connectivity index (χ1n) is 7.93. The van der Waals surface area contributed by atoms with Gasteiger partial charge in [0.15, 0.2) is 0 Å². The summed E-state index contributed by atoms with van der Waals surface area (Å²) in [6.07, 6.45) is 0. The summed E-state index contributed by atoms with van der Waals surface area (Å²) in [6, 6.07) is 10.8. The summed E-state index contributed by atoms with van der Waals surface area (Å²) in [4.78, 5) is 22.8. The molecule has 0 aliphatic carbocycles. The molecule has 5 nitrogen and oxygen atoms in total. The Kier molecular flexibility index (Phi) is 6.11. The van der Waals surface area contributed by atoms with E-state index in [2.05, 4.69) is 10.6 Å². The van der Waals surface area contributed by atoms with Crippen LogP contribution in [-0.2, 0) is 16.1 Å². The molecule has 0 saturated heterocycles. The van der Waals surface area contributed by atoms with Gasteiger partial charge in [-0.25, -0.2) is 4.39 Å². The fourth-order valence-electron chi connectivity index (χ4n) is 2.28. The zero-order chi connectivity index (χ0) is 18.4. The van der Waals surface area contributed by atoms with Crippen molar-refractivity contribution in [3.8, 4) is 11.5 Å². The number of aryl methyl sites for hydroxylation is 1. The van der Waals surface area contributed by atoms with Crippen LogP contribution in [0, 0.1) is 12.7 Å². The van der Waals surface area contributed by atoms with Crippen LogP contribution in [0.4, 0.5) is 4.39 Å². The van der Waals surface area contributed by atoms with Gasteiger partial charge in [-0.05, 0) is 55.3 Å². The normalized spacial score (nSPS) is 11.5. The number of hydrogen-bond acceptors (Lipinski definition) is 3. The molecule has 0 saturated carbocycles. The maximum atomic E-state index is 12.9. The maximum Gasteiger partial charge on any atom is 0.242 e. The number of benzene rings is 2. The lowest BCUT2D eigenvalue weighted by atomic mass is 10.1. The third kappa shape index (κ3) is 5.60. The lowest BCUT2D eigenvalue weighted by molar-refractivity contribution is -0.127. The van der Waals surface area contributed by atoms with Gasteiger partial charge in [-0.15, -0.1) is 0 Å². The Balaban J connectivity index is 1.96. The van der Waals surface area contributed by atoms with Gasteiger partial charge in [0.2, 0.25) is 11.8 Å². The minimum absolute atomic E-state index is 0.249. The van der Waals surface area contributed by atoms with Crippen molar-refractivity contribution in [3.05, 3.63) is 59.4 Å². The molecule has 2 N–H and O–H groups in total. The van der Waals surface area contributed by atoms with E-state index in [0.717, 1.165) is 11.1 Å². The number of carbonyl (C=O) groups is 2. The Morgan fingerprint density at radius 3 is 2.44 bits per heavy atom. The number of halogens is 1. The van der Waals surface area contributed by atoms with Gasteiger partial charge in [0.1, 0.15) is 23.4 Å². The van der Waals surface area contributed by atoms with E-state index in [9.17, 15) is 14.0 Å². The van der Waals surface area contributed by atoms with Crippen LogP contribution >= 0.6 is 0 Å². The van der Waals surface area contributed by atoms with E-state index in [1.807, 2.05) is 19.1 Å². The Bertz CT molecular complexity index is 760. The number of ether oxygens (including phenoxy) is 1. The zero-order valence-electron chi connectivity index (χ0n) is 14.4. The second kappa shape index (κ2) is 8.28. The van der Waals surface area contributed by atoms with Crippen LogP contribution in [0.25, 0.3) is 0 Å². The molecule has 1 atom stereocenters. The molecule has 2 aromatic rings. The maximum absolute atomic E-state index is 12.9. The average Bonchev–Trinajstić information content (AvgIpc) is 2.56. The van der Waals surface area contributed by atoms with E-state index in [1.165, 1.54) is 19.1 Å². The molecule has 2 aromatic carbocycles. The molecule has 25 heavy (non-hydrogen) atoms. The van der Waals surface area contributed by atoms with Gasteiger partial charge in [-0.2, -0.15) is 0 Å². The predicted molar refractivity (Wildman–Crippen MR) is 92.8 cm³/mol. The van der Waals surface area contributed by atoms with Gasteiger partial charge in [-0.3, -0.25) is 9.59 Å². The lowest BCUT2D eigenvalue weighted by Gasteiger charge is -2.14. The largest absolute Gasteiger partial charge is 0.457 e. The Morgan fingerprint density at radius 2 is 1.84 bits per heavy atom. The van der Waals surface area contributed by atoms with E-state index in [-0.39, 0.29) is 17.6 Å². The minimum Gasteiger partial charge on any atom is -0.457 e. The van der Waals surface area contributed by atoms with E-state index >= 15 is 0 Å². The molecule has 0 spiro atoms. The Hall–Kier alpha value is -2.89. The van der Waals surface area contributed by atoms with Gasteiger partial charge in [-0.1, -0.05) is 12.1 Å². The topological polar surface area (TPSA) is 67.4 Å². The van der Waals surface area contributed by atoms with Crippen molar-refractivity contribution in [2.24, 2.45) is 0 Å². The second-order valence-electron chi connectivity index (χ2n) is 5.80. The standard InChI is InChI=1S/C19H21FN2O3/c1-12-10-15(11-21-19(24)13(2)22-14(3)23)4-9-18(12)25-17-7-5-16(20)6-8-17/h4-10,13H,11H2,1-3H3,(H,21,24)(H,22,23). The van der Waals surface area contributed by atoms with E-state index < -0.39 is 6.04 Å². The van der Waals surface area contributed by atoms with Crippen molar-refractivity contribution in [1.29, 1.82) is 0 Å². The summed E-state index contributed by atoms with van der Waals surface area (Å²) in [5.74, 6) is 0.395. The van der Waals surface area contributed by atoms with Crippen LogP contribution in [0.3, 0.4) is 0 Å². The van der Waals surface area contributed by atoms with Gasteiger partial charge >= 0.3 is 0 Å². The third-order valence-electron chi connectivity index (χ3n) is 3.56. The second-order valence-corrected chi connectivity index (χ2v) is 5.80. The highest BCUT2D eigenvalue weighted by Crippen LogP contribution is 2.25. The number of amides is 2. The van der Waals surface area contributed by atoms with Crippen molar-refractivity contribution < 1.29 is 18.7 Å². The van der Waals surface area contributed by atoms with Gasteiger partial charge in [0, 0.05) is 13.5 Å². The highest BCUT2D eigenvalue weighted by molar-refractivity contribution is 5.86. The average molecular weight is 344 g/mol. The van der Waals surface area contributed by atoms with Gasteiger partial charge in [0.25, 0.3) is 0 Å². The van der Waals surface area contributed by atoms with E-state index in [0.29, 0.717) is 18.0 Å². The van der Waals surface area contributed by atoms with Crippen LogP contribution in [0.15, 0.2) is 42.5 Å². The van der Waals surface area contributed by atoms with Crippen molar-refractivity contribution in [1.82, 2.24) is 10.6 Å². The van der Waals surface area contributed by atoms with Crippen LogP contribution in [0.2, 0.25) is 0 Å². The highest BCUT2D eigenvalue weighted by Gasteiger charge is 2.13. The number of nitrogens with one attached hydrogen (secondary N) is 2. The fraction of sp³-hybridized carbons (Fsp3) is 0.263. The predicted octanol–water partition coefficient (Wildman–Crippen LogP) is 3.07. The first-order valence-corrected chi connectivity index (χ1v) is 7.93. The molecule has 0 aliphatic heterocycles. The molecule has 2 amide bonds. The number of rotatable bonds is 6. The Morgan fingerprint density at radius 1 is 1.16 bits per heavy atom. The molecule has 0 aliphatic rings. The lowest BCUT2D eigenvalue weighted by Crippen LogP contribution is -2.43. The monoisotopic (exact) mass is 344 g/mol. The third-order valence-corrected chi connectivity index (χ3v) is 3.56. The summed E-state index contributed by atoms with van der Waals surface area (Å²) in [5, 5.41) is 5.30. The zero-order valence-corrected chi connectivity index (χ0v) is 14.4. The van der Waals surface area contributed by atoms with E-state index in [1.54, 1.807) is 25.1 Å². The molecular formula is C19H21FN2O3. The van der Waals surface area contributed by atoms with Crippen molar-refractivity contribution >= 4 is 11.8 Å². The highest BCUT2D eigenvalue weighted by atomic mass is 19.1. The van der Waals surface area contributed by atoms with Crippen LogP contribution in [0.5, 0.6) is 11.5 Å². The SMILES string of the molecule is CC(=O)NC(C)C(=O)NCc1ccc(Oc2ccc(F)cc2)c(C)c1. The molecule has 6 heteroatoms.